The van der Waals surface area contributed by atoms with Gasteiger partial charge in [-0.1, -0.05) is 26.0 Å². The zero-order valence-electron chi connectivity index (χ0n) is 18.8. The Morgan fingerprint density at radius 1 is 1.09 bits per heavy atom. The Balaban J connectivity index is 1.44. The molecule has 0 amide bonds. The van der Waals surface area contributed by atoms with Crippen LogP contribution in [0, 0.1) is 11.7 Å². The first-order chi connectivity index (χ1) is 15.9. The molecule has 3 aromatic rings. The molecule has 1 saturated heterocycles. The van der Waals surface area contributed by atoms with Crippen LogP contribution in [-0.2, 0) is 9.53 Å². The van der Waals surface area contributed by atoms with E-state index in [2.05, 4.69) is 29.1 Å². The van der Waals surface area contributed by atoms with Gasteiger partial charge in [-0.05, 0) is 60.9 Å². The minimum Gasteiger partial charge on any atom is -0.457 e. The van der Waals surface area contributed by atoms with Gasteiger partial charge in [0.2, 0.25) is 5.95 Å². The first-order valence-corrected chi connectivity index (χ1v) is 10.9. The summed E-state index contributed by atoms with van der Waals surface area (Å²) in [5.74, 6) is 2.34. The fourth-order valence-electron chi connectivity index (χ4n) is 3.77. The number of ether oxygens (including phenoxy) is 2. The van der Waals surface area contributed by atoms with Gasteiger partial charge in [-0.3, -0.25) is 4.79 Å². The zero-order valence-corrected chi connectivity index (χ0v) is 18.8. The van der Waals surface area contributed by atoms with E-state index < -0.39 is 6.23 Å². The normalized spacial score (nSPS) is 18.9. The Kier molecular flexibility index (Phi) is 6.84. The van der Waals surface area contributed by atoms with Crippen molar-refractivity contribution in [3.63, 3.8) is 0 Å². The largest absolute Gasteiger partial charge is 0.457 e. The van der Waals surface area contributed by atoms with E-state index in [4.69, 9.17) is 9.47 Å². The van der Waals surface area contributed by atoms with Crippen molar-refractivity contribution >= 4 is 18.1 Å². The Morgan fingerprint density at radius 3 is 2.39 bits per heavy atom. The number of carbonyl (C=O) groups is 1. The molecule has 0 radical (unpaired) electrons. The van der Waals surface area contributed by atoms with Crippen molar-refractivity contribution in [3.05, 3.63) is 72.2 Å². The van der Waals surface area contributed by atoms with E-state index in [1.165, 1.54) is 12.1 Å². The number of aldehydes is 1. The van der Waals surface area contributed by atoms with E-state index in [0.29, 0.717) is 35.8 Å². The van der Waals surface area contributed by atoms with Gasteiger partial charge >= 0.3 is 0 Å². The van der Waals surface area contributed by atoms with Crippen LogP contribution < -0.4 is 15.0 Å². The molecule has 1 fully saturated rings. The molecule has 4 rings (SSSR count). The highest BCUT2D eigenvalue weighted by atomic mass is 19.1. The first kappa shape index (κ1) is 22.7. The van der Waals surface area contributed by atoms with Crippen molar-refractivity contribution in [2.24, 2.45) is 5.92 Å². The highest BCUT2D eigenvalue weighted by molar-refractivity contribution is 5.64. The third-order valence-corrected chi connectivity index (χ3v) is 5.64. The van der Waals surface area contributed by atoms with Crippen LogP contribution in [0.15, 0.2) is 60.8 Å². The number of anilines is 2. The summed E-state index contributed by atoms with van der Waals surface area (Å²) < 4.78 is 24.4. The second kappa shape index (κ2) is 9.95. The Bertz CT molecular complexity index is 1080. The predicted molar refractivity (Wildman–Crippen MR) is 124 cm³/mol. The summed E-state index contributed by atoms with van der Waals surface area (Å²) in [5, 5.41) is 3.31. The van der Waals surface area contributed by atoms with Crippen LogP contribution in [-0.4, -0.2) is 35.1 Å². The number of nitrogens with one attached hydrogen (secondary N) is 1. The maximum absolute atomic E-state index is 13.1. The van der Waals surface area contributed by atoms with Gasteiger partial charge in [0.25, 0.3) is 0 Å². The number of benzene rings is 2. The average Bonchev–Trinajstić information content (AvgIpc) is 3.26. The first-order valence-electron chi connectivity index (χ1n) is 10.9. The van der Waals surface area contributed by atoms with Crippen molar-refractivity contribution in [2.45, 2.75) is 39.1 Å². The van der Waals surface area contributed by atoms with Gasteiger partial charge in [-0.2, -0.15) is 4.98 Å². The van der Waals surface area contributed by atoms with Crippen LogP contribution in [0.4, 0.5) is 16.2 Å². The monoisotopic (exact) mass is 450 g/mol. The smallest absolute Gasteiger partial charge is 0.225 e. The summed E-state index contributed by atoms with van der Waals surface area (Å²) in [6.07, 6.45) is 1.83. The lowest BCUT2D eigenvalue weighted by Gasteiger charge is -2.29. The molecule has 0 spiro atoms. The molecule has 0 aliphatic carbocycles. The number of rotatable bonds is 8. The Labute approximate surface area is 192 Å². The summed E-state index contributed by atoms with van der Waals surface area (Å²) in [6.45, 7) is 6.69. The maximum Gasteiger partial charge on any atom is 0.225 e. The molecule has 1 aliphatic rings. The molecule has 1 unspecified atom stereocenters. The highest BCUT2D eigenvalue weighted by Crippen LogP contribution is 2.29. The van der Waals surface area contributed by atoms with Crippen molar-refractivity contribution < 1.29 is 18.7 Å². The number of aromatic nitrogens is 2. The number of hydrogen-bond acceptors (Lipinski definition) is 7. The second-order valence-electron chi connectivity index (χ2n) is 8.31. The third kappa shape index (κ3) is 5.28. The van der Waals surface area contributed by atoms with Gasteiger partial charge in [0.1, 0.15) is 23.1 Å². The number of hydrogen-bond donors (Lipinski definition) is 1. The van der Waals surface area contributed by atoms with Crippen LogP contribution in [0.25, 0.3) is 0 Å². The molecule has 7 nitrogen and oxygen atoms in total. The molecule has 3 atom stereocenters. The number of halogens is 1. The molecule has 1 N–H and O–H groups in total. The van der Waals surface area contributed by atoms with Crippen LogP contribution >= 0.6 is 0 Å². The molecule has 0 saturated carbocycles. The maximum atomic E-state index is 13.1. The SMILES string of the molecule is CC(C)[C@H]1COC(C=O)N1c1ccnc(N[C@@H](C)c2ccc(Oc3ccc(F)cc3)cc2)n1. The lowest BCUT2D eigenvalue weighted by Crippen LogP contribution is -2.41. The Morgan fingerprint density at radius 2 is 1.76 bits per heavy atom. The van der Waals surface area contributed by atoms with Gasteiger partial charge < -0.3 is 19.7 Å². The standard InChI is InChI=1S/C25H27FN4O3/c1-16(2)22-15-32-24(14-31)30(22)23-12-13-27-25(29-23)28-17(3)18-4-8-20(9-5-18)33-21-10-6-19(26)7-11-21/h4-14,16-17,22,24H,15H2,1-3H3,(H,27,28,29)/t17-,22+,24?/m0/s1. The molecule has 1 aromatic heterocycles. The highest BCUT2D eigenvalue weighted by Gasteiger charge is 2.37. The summed E-state index contributed by atoms with van der Waals surface area (Å²) in [7, 11) is 0. The predicted octanol–water partition coefficient (Wildman–Crippen LogP) is 4.97. The summed E-state index contributed by atoms with van der Waals surface area (Å²) in [4.78, 5) is 22.4. The number of nitrogens with zero attached hydrogens (tertiary/aromatic N) is 3. The zero-order chi connectivity index (χ0) is 23.4. The number of carbonyl (C=O) groups excluding carboxylic acids is 1. The minimum atomic E-state index is -0.647. The van der Waals surface area contributed by atoms with Crippen LogP contribution in [0.1, 0.15) is 32.4 Å². The second-order valence-corrected chi connectivity index (χ2v) is 8.31. The lowest BCUT2D eigenvalue weighted by molar-refractivity contribution is -0.115. The molecule has 8 heteroatoms. The molecule has 2 aromatic carbocycles. The van der Waals surface area contributed by atoms with Crippen molar-refractivity contribution in [2.75, 3.05) is 16.8 Å². The van der Waals surface area contributed by atoms with E-state index in [1.54, 1.807) is 24.4 Å². The summed E-state index contributed by atoms with van der Waals surface area (Å²) in [6, 6.07) is 15.3. The molecule has 33 heavy (non-hydrogen) atoms. The fourth-order valence-corrected chi connectivity index (χ4v) is 3.77. The van der Waals surface area contributed by atoms with Crippen molar-refractivity contribution in [3.8, 4) is 11.5 Å². The summed E-state index contributed by atoms with van der Waals surface area (Å²) in [5.41, 5.74) is 1.02. The van der Waals surface area contributed by atoms with Gasteiger partial charge in [-0.25, -0.2) is 9.37 Å². The van der Waals surface area contributed by atoms with Crippen LogP contribution in [0.5, 0.6) is 11.5 Å². The van der Waals surface area contributed by atoms with Crippen LogP contribution in [0.3, 0.4) is 0 Å². The van der Waals surface area contributed by atoms with E-state index in [1.807, 2.05) is 36.1 Å². The van der Waals surface area contributed by atoms with E-state index in [-0.39, 0.29) is 17.9 Å². The minimum absolute atomic E-state index is 0.0639. The van der Waals surface area contributed by atoms with Crippen LogP contribution in [0.2, 0.25) is 0 Å². The van der Waals surface area contributed by atoms with E-state index in [9.17, 15) is 9.18 Å². The van der Waals surface area contributed by atoms with Gasteiger partial charge in [0.15, 0.2) is 12.5 Å². The lowest BCUT2D eigenvalue weighted by atomic mass is 10.0. The average molecular weight is 451 g/mol. The van der Waals surface area contributed by atoms with Crippen molar-refractivity contribution in [1.29, 1.82) is 0 Å². The topological polar surface area (TPSA) is 76.6 Å². The van der Waals surface area contributed by atoms with Gasteiger partial charge in [0.05, 0.1) is 18.7 Å². The quantitative estimate of drug-likeness (QED) is 0.486. The summed E-state index contributed by atoms with van der Waals surface area (Å²) >= 11 is 0. The van der Waals surface area contributed by atoms with E-state index >= 15 is 0 Å². The van der Waals surface area contributed by atoms with E-state index in [0.717, 1.165) is 11.8 Å². The Hall–Kier alpha value is -3.52. The molecule has 2 heterocycles. The third-order valence-electron chi connectivity index (χ3n) is 5.64. The molecular formula is C25H27FN4O3. The molecule has 0 bridgehead atoms. The van der Waals surface area contributed by atoms with Crippen molar-refractivity contribution in [1.82, 2.24) is 9.97 Å². The van der Waals surface area contributed by atoms with Gasteiger partial charge in [-0.15, -0.1) is 0 Å². The molecule has 1 aliphatic heterocycles. The molecule has 172 valence electrons. The fraction of sp³-hybridized carbons (Fsp3) is 0.320. The molecular weight excluding hydrogens is 423 g/mol. The van der Waals surface area contributed by atoms with Gasteiger partial charge in [0, 0.05) is 6.20 Å².